The van der Waals surface area contributed by atoms with Crippen LogP contribution in [0.2, 0.25) is 0 Å². The van der Waals surface area contributed by atoms with E-state index in [0.29, 0.717) is 18.7 Å². The number of nitroso groups, excluding NO2 is 1. The molecule has 4 heteroatoms. The highest BCUT2D eigenvalue weighted by atomic mass is 16.3. The minimum atomic E-state index is -0.0936. The van der Waals surface area contributed by atoms with E-state index in [1.165, 1.54) is 34.7 Å². The highest BCUT2D eigenvalue weighted by Crippen LogP contribution is 2.43. The van der Waals surface area contributed by atoms with Gasteiger partial charge in [-0.2, -0.15) is 0 Å². The van der Waals surface area contributed by atoms with Gasteiger partial charge in [-0.25, -0.2) is 0 Å². The van der Waals surface area contributed by atoms with Crippen molar-refractivity contribution < 1.29 is 0 Å². The van der Waals surface area contributed by atoms with E-state index in [4.69, 9.17) is 11.5 Å². The lowest BCUT2D eigenvalue weighted by Crippen LogP contribution is -2.14. The summed E-state index contributed by atoms with van der Waals surface area (Å²) in [6, 6.07) is 14.7. The van der Waals surface area contributed by atoms with Gasteiger partial charge in [-0.3, -0.25) is 0 Å². The molecule has 0 heterocycles. The van der Waals surface area contributed by atoms with Crippen molar-refractivity contribution >= 4 is 22.5 Å². The maximum atomic E-state index is 11.8. The first-order valence-corrected chi connectivity index (χ1v) is 10.4. The maximum absolute atomic E-state index is 11.8. The van der Waals surface area contributed by atoms with Crippen LogP contribution in [0.5, 0.6) is 0 Å². The SMILES string of the molecule is NCc1cccc(C2Cc3c(N)cc4c5c(ccc4c3C=C2N=O)CCCC5)c1. The number of aryl methyl sites for hydroxylation is 2. The van der Waals surface area contributed by atoms with Crippen LogP contribution in [0, 0.1) is 4.91 Å². The standard InChI is InChI=1S/C25H25N3O/c26-14-15-4-3-6-17(10-15)20-11-23-22(13-25(20)28-29)19-9-8-16-5-1-2-7-18(16)21(19)12-24(23)27/h3-4,6,8-10,12-13,20H,1-2,5,7,11,14,26-27H2. The summed E-state index contributed by atoms with van der Waals surface area (Å²) in [5.74, 6) is -0.0936. The number of anilines is 1. The van der Waals surface area contributed by atoms with E-state index in [2.05, 4.69) is 29.4 Å². The first kappa shape index (κ1) is 18.1. The fourth-order valence-electron chi connectivity index (χ4n) is 5.08. The molecule has 4 N–H and O–H groups in total. The number of nitrogen functional groups attached to an aromatic ring is 1. The molecule has 1 unspecified atom stereocenters. The second kappa shape index (κ2) is 7.12. The van der Waals surface area contributed by atoms with Crippen molar-refractivity contribution in [2.24, 2.45) is 10.9 Å². The summed E-state index contributed by atoms with van der Waals surface area (Å²) in [4.78, 5) is 11.8. The van der Waals surface area contributed by atoms with E-state index in [1.54, 1.807) is 0 Å². The zero-order valence-corrected chi connectivity index (χ0v) is 16.4. The fourth-order valence-corrected chi connectivity index (χ4v) is 5.08. The molecule has 0 spiro atoms. The molecule has 3 aromatic carbocycles. The third kappa shape index (κ3) is 2.95. The summed E-state index contributed by atoms with van der Waals surface area (Å²) >= 11 is 0. The van der Waals surface area contributed by atoms with Crippen LogP contribution in [0.1, 0.15) is 52.1 Å². The Morgan fingerprint density at radius 2 is 1.86 bits per heavy atom. The molecule has 146 valence electrons. The zero-order chi connectivity index (χ0) is 20.0. The van der Waals surface area contributed by atoms with Gasteiger partial charge < -0.3 is 11.5 Å². The molecule has 4 nitrogen and oxygen atoms in total. The Balaban J connectivity index is 1.69. The minimum absolute atomic E-state index is 0.0936. The van der Waals surface area contributed by atoms with Crippen molar-refractivity contribution in [3.8, 4) is 0 Å². The van der Waals surface area contributed by atoms with E-state index in [1.807, 2.05) is 24.3 Å². The van der Waals surface area contributed by atoms with Gasteiger partial charge in [0.2, 0.25) is 0 Å². The normalized spacial score (nSPS) is 18.1. The lowest BCUT2D eigenvalue weighted by molar-refractivity contribution is 0.690. The van der Waals surface area contributed by atoms with Gasteiger partial charge >= 0.3 is 0 Å². The van der Waals surface area contributed by atoms with Crippen molar-refractivity contribution in [1.82, 2.24) is 0 Å². The van der Waals surface area contributed by atoms with E-state index >= 15 is 0 Å². The number of benzene rings is 3. The predicted molar refractivity (Wildman–Crippen MR) is 120 cm³/mol. The first-order valence-electron chi connectivity index (χ1n) is 10.4. The molecule has 5 rings (SSSR count). The number of nitrogens with zero attached hydrogens (tertiary/aromatic N) is 1. The second-order valence-corrected chi connectivity index (χ2v) is 8.23. The summed E-state index contributed by atoms with van der Waals surface area (Å²) in [5, 5.41) is 5.85. The Kier molecular flexibility index (Phi) is 4.44. The number of allylic oxidation sites excluding steroid dienone is 1. The van der Waals surface area contributed by atoms with E-state index in [0.717, 1.165) is 40.8 Å². The van der Waals surface area contributed by atoms with Crippen LogP contribution in [0.25, 0.3) is 16.8 Å². The molecule has 0 aliphatic heterocycles. The number of hydrogen-bond donors (Lipinski definition) is 2. The molecule has 0 radical (unpaired) electrons. The Labute approximate surface area is 170 Å². The van der Waals surface area contributed by atoms with Gasteiger partial charge in [-0.05, 0) is 93.6 Å². The third-order valence-corrected chi connectivity index (χ3v) is 6.59. The van der Waals surface area contributed by atoms with E-state index < -0.39 is 0 Å². The Morgan fingerprint density at radius 1 is 1.00 bits per heavy atom. The Hall–Kier alpha value is -2.98. The average Bonchev–Trinajstić information content (AvgIpc) is 2.78. The quantitative estimate of drug-likeness (QED) is 0.481. The van der Waals surface area contributed by atoms with E-state index in [9.17, 15) is 4.91 Å². The van der Waals surface area contributed by atoms with Crippen molar-refractivity contribution in [1.29, 1.82) is 0 Å². The summed E-state index contributed by atoms with van der Waals surface area (Å²) in [7, 11) is 0. The van der Waals surface area contributed by atoms with Crippen LogP contribution in [-0.4, -0.2) is 0 Å². The van der Waals surface area contributed by atoms with Crippen LogP contribution in [-0.2, 0) is 25.8 Å². The lowest BCUT2D eigenvalue weighted by atomic mass is 9.78. The van der Waals surface area contributed by atoms with Gasteiger partial charge in [0.05, 0.1) is 5.70 Å². The van der Waals surface area contributed by atoms with Crippen molar-refractivity contribution in [3.05, 3.63) is 86.4 Å². The summed E-state index contributed by atoms with van der Waals surface area (Å²) in [5.41, 5.74) is 20.9. The van der Waals surface area contributed by atoms with Crippen molar-refractivity contribution in [2.45, 2.75) is 44.6 Å². The molecular weight excluding hydrogens is 358 g/mol. The second-order valence-electron chi connectivity index (χ2n) is 8.23. The van der Waals surface area contributed by atoms with Gasteiger partial charge in [0.1, 0.15) is 0 Å². The third-order valence-electron chi connectivity index (χ3n) is 6.59. The van der Waals surface area contributed by atoms with Gasteiger partial charge in [0.25, 0.3) is 0 Å². The highest BCUT2D eigenvalue weighted by Gasteiger charge is 2.28. The summed E-state index contributed by atoms with van der Waals surface area (Å²) in [6.07, 6.45) is 7.35. The van der Waals surface area contributed by atoms with Crippen molar-refractivity contribution in [3.63, 3.8) is 0 Å². The minimum Gasteiger partial charge on any atom is -0.398 e. The summed E-state index contributed by atoms with van der Waals surface area (Å²) in [6.45, 7) is 0.475. The number of fused-ring (bicyclic) bond motifs is 5. The zero-order valence-electron chi connectivity index (χ0n) is 16.4. The monoisotopic (exact) mass is 383 g/mol. The van der Waals surface area contributed by atoms with Crippen LogP contribution in [0.3, 0.4) is 0 Å². The molecule has 0 amide bonds. The van der Waals surface area contributed by atoms with Gasteiger partial charge in [0.15, 0.2) is 0 Å². The topological polar surface area (TPSA) is 81.5 Å². The molecule has 0 saturated heterocycles. The molecule has 0 fully saturated rings. The van der Waals surface area contributed by atoms with Gasteiger partial charge in [-0.1, -0.05) is 36.4 Å². The molecule has 29 heavy (non-hydrogen) atoms. The van der Waals surface area contributed by atoms with E-state index in [-0.39, 0.29) is 5.92 Å². The number of nitrogens with two attached hydrogens (primary N) is 2. The van der Waals surface area contributed by atoms with Crippen LogP contribution < -0.4 is 11.5 Å². The molecule has 0 saturated carbocycles. The predicted octanol–water partition coefficient (Wildman–Crippen LogP) is 5.21. The van der Waals surface area contributed by atoms with Crippen molar-refractivity contribution in [2.75, 3.05) is 5.73 Å². The van der Waals surface area contributed by atoms with Gasteiger partial charge in [0, 0.05) is 18.2 Å². The molecule has 0 bridgehead atoms. The summed E-state index contributed by atoms with van der Waals surface area (Å²) < 4.78 is 0. The smallest absolute Gasteiger partial charge is 0.0933 e. The van der Waals surface area contributed by atoms with Gasteiger partial charge in [-0.15, -0.1) is 4.91 Å². The average molecular weight is 383 g/mol. The molecule has 2 aliphatic carbocycles. The molecule has 0 aromatic heterocycles. The molecular formula is C25H25N3O. The molecule has 2 aliphatic rings. The lowest BCUT2D eigenvalue weighted by Gasteiger charge is -2.27. The number of rotatable bonds is 3. The maximum Gasteiger partial charge on any atom is 0.0933 e. The highest BCUT2D eigenvalue weighted by molar-refractivity contribution is 5.99. The number of hydrogen-bond acceptors (Lipinski definition) is 4. The molecule has 1 atom stereocenters. The molecule has 3 aromatic rings. The fraction of sp³-hybridized carbons (Fsp3) is 0.280. The Morgan fingerprint density at radius 3 is 2.69 bits per heavy atom. The largest absolute Gasteiger partial charge is 0.398 e. The van der Waals surface area contributed by atoms with Crippen LogP contribution in [0.15, 0.2) is 53.3 Å². The Bertz CT molecular complexity index is 1160. The first-order chi connectivity index (χ1) is 14.2. The van der Waals surface area contributed by atoms with Crippen LogP contribution >= 0.6 is 0 Å². The van der Waals surface area contributed by atoms with Crippen LogP contribution in [0.4, 0.5) is 5.69 Å².